The van der Waals surface area contributed by atoms with E-state index in [9.17, 15) is 19.3 Å². The molecule has 0 N–H and O–H groups in total. The molecule has 148 valence electrons. The van der Waals surface area contributed by atoms with Gasteiger partial charge in [0, 0.05) is 44.5 Å². The summed E-state index contributed by atoms with van der Waals surface area (Å²) < 4.78 is 15.5. The van der Waals surface area contributed by atoms with Crippen LogP contribution in [0.4, 0.5) is 15.8 Å². The third-order valence-corrected chi connectivity index (χ3v) is 4.91. The number of hydrogen-bond acceptors (Lipinski definition) is 5. The first kappa shape index (κ1) is 18.6. The quantitative estimate of drug-likeness (QED) is 0.501. The number of nitro groups is 1. The molecule has 0 spiro atoms. The fourth-order valence-electron chi connectivity index (χ4n) is 3.34. The lowest BCUT2D eigenvalue weighted by atomic mass is 10.2. The van der Waals surface area contributed by atoms with E-state index >= 15 is 0 Å². The highest BCUT2D eigenvalue weighted by atomic mass is 19.1. The summed E-state index contributed by atoms with van der Waals surface area (Å²) in [5.74, 6) is -0.414. The number of non-ortho nitro benzene ring substituents is 1. The van der Waals surface area contributed by atoms with Crippen LogP contribution in [0.15, 0.2) is 60.9 Å². The third kappa shape index (κ3) is 3.79. The number of carbonyl (C=O) groups is 1. The number of nitro benzene ring substituents is 1. The molecule has 0 saturated carbocycles. The zero-order chi connectivity index (χ0) is 20.4. The van der Waals surface area contributed by atoms with Gasteiger partial charge in [-0.1, -0.05) is 12.1 Å². The average Bonchev–Trinajstić information content (AvgIpc) is 3.24. The van der Waals surface area contributed by atoms with Gasteiger partial charge in [0.05, 0.1) is 28.1 Å². The molecule has 1 saturated heterocycles. The van der Waals surface area contributed by atoms with Crippen molar-refractivity contribution in [1.82, 2.24) is 14.7 Å². The maximum Gasteiger partial charge on any atom is 0.269 e. The van der Waals surface area contributed by atoms with Crippen LogP contribution in [-0.2, 0) is 0 Å². The molecule has 8 nitrogen and oxygen atoms in total. The van der Waals surface area contributed by atoms with Crippen LogP contribution >= 0.6 is 0 Å². The molecule has 1 aliphatic heterocycles. The molecule has 0 unspecified atom stereocenters. The molecule has 0 radical (unpaired) electrons. The summed E-state index contributed by atoms with van der Waals surface area (Å²) in [6.45, 7) is 2.05. The first-order chi connectivity index (χ1) is 14.0. The highest BCUT2D eigenvalue weighted by Crippen LogP contribution is 2.21. The second-order valence-electron chi connectivity index (χ2n) is 6.68. The fourth-order valence-corrected chi connectivity index (χ4v) is 3.34. The van der Waals surface area contributed by atoms with E-state index in [1.165, 1.54) is 29.1 Å². The van der Waals surface area contributed by atoms with E-state index in [4.69, 9.17) is 0 Å². The van der Waals surface area contributed by atoms with Gasteiger partial charge in [-0.2, -0.15) is 5.10 Å². The van der Waals surface area contributed by atoms with E-state index in [1.54, 1.807) is 41.4 Å². The normalized spacial score (nSPS) is 14.1. The second kappa shape index (κ2) is 7.70. The molecule has 2 aromatic carbocycles. The Bertz CT molecular complexity index is 1040. The maximum atomic E-state index is 14.0. The van der Waals surface area contributed by atoms with Crippen molar-refractivity contribution in [3.63, 3.8) is 0 Å². The van der Waals surface area contributed by atoms with Crippen LogP contribution in [0, 0.1) is 15.9 Å². The molecule has 9 heteroatoms. The van der Waals surface area contributed by atoms with Gasteiger partial charge in [0.15, 0.2) is 0 Å². The van der Waals surface area contributed by atoms with Crippen molar-refractivity contribution in [3.8, 4) is 5.69 Å². The average molecular weight is 395 g/mol. The minimum Gasteiger partial charge on any atom is -0.366 e. The smallest absolute Gasteiger partial charge is 0.269 e. The number of carbonyl (C=O) groups excluding carboxylic acids is 1. The first-order valence-corrected chi connectivity index (χ1v) is 9.11. The van der Waals surface area contributed by atoms with E-state index in [2.05, 4.69) is 5.10 Å². The number of nitrogens with zero attached hydrogens (tertiary/aromatic N) is 5. The summed E-state index contributed by atoms with van der Waals surface area (Å²) in [5.41, 5.74) is 1.59. The summed E-state index contributed by atoms with van der Waals surface area (Å²) in [4.78, 5) is 26.7. The number of rotatable bonds is 4. The number of hydrogen-bond donors (Lipinski definition) is 0. The fraction of sp³-hybridized carbons (Fsp3) is 0.200. The predicted molar refractivity (Wildman–Crippen MR) is 105 cm³/mol. The predicted octanol–water partition coefficient (Wildman–Crippen LogP) is 2.88. The van der Waals surface area contributed by atoms with Gasteiger partial charge in [-0.15, -0.1) is 0 Å². The first-order valence-electron chi connectivity index (χ1n) is 9.11. The highest BCUT2D eigenvalue weighted by Gasteiger charge is 2.24. The van der Waals surface area contributed by atoms with Crippen molar-refractivity contribution in [2.75, 3.05) is 31.1 Å². The summed E-state index contributed by atoms with van der Waals surface area (Å²) in [6, 6.07) is 12.5. The highest BCUT2D eigenvalue weighted by molar-refractivity contribution is 5.94. The third-order valence-electron chi connectivity index (χ3n) is 4.91. The number of amides is 1. The molecule has 1 aromatic heterocycles. The standard InChI is InChI=1S/C20H18FN5O3/c21-18-3-1-2-4-19(18)23-9-11-24(12-10-23)20(27)15-13-22-25(14-15)16-5-7-17(8-6-16)26(28)29/h1-8,13-14H,9-12H2. The van der Waals surface area contributed by atoms with E-state index in [1.807, 2.05) is 4.90 Å². The molecular weight excluding hydrogens is 377 g/mol. The zero-order valence-corrected chi connectivity index (χ0v) is 15.4. The van der Waals surface area contributed by atoms with Crippen LogP contribution in [0.1, 0.15) is 10.4 Å². The van der Waals surface area contributed by atoms with E-state index in [0.29, 0.717) is 43.1 Å². The minimum atomic E-state index is -0.469. The van der Waals surface area contributed by atoms with Crippen molar-refractivity contribution < 1.29 is 14.1 Å². The van der Waals surface area contributed by atoms with Crippen molar-refractivity contribution in [1.29, 1.82) is 0 Å². The topological polar surface area (TPSA) is 84.5 Å². The van der Waals surface area contributed by atoms with Gasteiger partial charge < -0.3 is 9.80 Å². The minimum absolute atomic E-state index is 0.00932. The van der Waals surface area contributed by atoms with Crippen molar-refractivity contribution in [2.24, 2.45) is 0 Å². The maximum absolute atomic E-state index is 14.0. The lowest BCUT2D eigenvalue weighted by molar-refractivity contribution is -0.384. The van der Waals surface area contributed by atoms with E-state index in [-0.39, 0.29) is 17.4 Å². The zero-order valence-electron chi connectivity index (χ0n) is 15.4. The monoisotopic (exact) mass is 395 g/mol. The number of anilines is 1. The molecule has 1 aliphatic rings. The lowest BCUT2D eigenvalue weighted by Gasteiger charge is -2.36. The number of halogens is 1. The van der Waals surface area contributed by atoms with Crippen molar-refractivity contribution >= 4 is 17.3 Å². The molecular formula is C20H18FN5O3. The van der Waals surface area contributed by atoms with Gasteiger partial charge in [-0.05, 0) is 24.3 Å². The number of para-hydroxylation sites is 1. The van der Waals surface area contributed by atoms with Gasteiger partial charge in [-0.25, -0.2) is 9.07 Å². The molecule has 0 bridgehead atoms. The Morgan fingerprint density at radius 1 is 1.03 bits per heavy atom. The van der Waals surface area contributed by atoms with Gasteiger partial charge in [-0.3, -0.25) is 14.9 Å². The number of aromatic nitrogens is 2. The molecule has 0 aliphatic carbocycles. The Morgan fingerprint density at radius 3 is 2.38 bits per heavy atom. The molecule has 4 rings (SSSR count). The van der Waals surface area contributed by atoms with Gasteiger partial charge >= 0.3 is 0 Å². The second-order valence-corrected chi connectivity index (χ2v) is 6.68. The van der Waals surface area contributed by atoms with Crippen LogP contribution in [0.25, 0.3) is 5.69 Å². The van der Waals surface area contributed by atoms with Crippen LogP contribution in [0.5, 0.6) is 0 Å². The largest absolute Gasteiger partial charge is 0.366 e. The van der Waals surface area contributed by atoms with E-state index in [0.717, 1.165) is 0 Å². The van der Waals surface area contributed by atoms with Crippen LogP contribution in [0.3, 0.4) is 0 Å². The van der Waals surface area contributed by atoms with Gasteiger partial charge in [0.1, 0.15) is 5.82 Å². The van der Waals surface area contributed by atoms with Gasteiger partial charge in [0.2, 0.25) is 0 Å². The SMILES string of the molecule is O=C(c1cnn(-c2ccc([N+](=O)[O-])cc2)c1)N1CCN(c2ccccc2F)CC1. The Morgan fingerprint density at radius 2 is 1.72 bits per heavy atom. The Labute approximate surface area is 165 Å². The Balaban J connectivity index is 1.42. The molecule has 3 aromatic rings. The van der Waals surface area contributed by atoms with Crippen molar-refractivity contribution in [3.05, 3.63) is 82.4 Å². The summed E-state index contributed by atoms with van der Waals surface area (Å²) >= 11 is 0. The summed E-state index contributed by atoms with van der Waals surface area (Å²) in [7, 11) is 0. The molecule has 29 heavy (non-hydrogen) atoms. The Hall–Kier alpha value is -3.75. The summed E-state index contributed by atoms with van der Waals surface area (Å²) in [6.07, 6.45) is 3.08. The van der Waals surface area contributed by atoms with Crippen molar-refractivity contribution in [2.45, 2.75) is 0 Å². The molecule has 1 amide bonds. The number of benzene rings is 2. The molecule has 2 heterocycles. The van der Waals surface area contributed by atoms with Crippen LogP contribution in [-0.4, -0.2) is 51.7 Å². The van der Waals surface area contributed by atoms with Crippen LogP contribution in [0.2, 0.25) is 0 Å². The Kier molecular flexibility index (Phi) is 4.94. The lowest BCUT2D eigenvalue weighted by Crippen LogP contribution is -2.49. The van der Waals surface area contributed by atoms with E-state index < -0.39 is 4.92 Å². The molecule has 0 atom stereocenters. The molecule has 1 fully saturated rings. The van der Waals surface area contributed by atoms with Crippen LogP contribution < -0.4 is 4.90 Å². The van der Waals surface area contributed by atoms with Gasteiger partial charge in [0.25, 0.3) is 11.6 Å². The number of piperazine rings is 1. The summed E-state index contributed by atoms with van der Waals surface area (Å²) in [5, 5.41) is 14.9.